The van der Waals surface area contributed by atoms with Crippen molar-refractivity contribution in [2.75, 3.05) is 17.7 Å². The zero-order chi connectivity index (χ0) is 24.7. The maximum absolute atomic E-state index is 12.7. The topological polar surface area (TPSA) is 136 Å². The van der Waals surface area contributed by atoms with E-state index < -0.39 is 5.60 Å². The van der Waals surface area contributed by atoms with Crippen molar-refractivity contribution in [3.8, 4) is 11.6 Å². The summed E-state index contributed by atoms with van der Waals surface area (Å²) in [5.41, 5.74) is 6.36. The molecule has 5 rings (SSSR count). The molecule has 2 aliphatic heterocycles. The molecule has 11 nitrogen and oxygen atoms in total. The number of aromatic nitrogens is 5. The molecule has 2 atom stereocenters. The molecule has 0 aliphatic carbocycles. The quantitative estimate of drug-likeness (QED) is 0.587. The summed E-state index contributed by atoms with van der Waals surface area (Å²) in [6, 6.07) is 9.91. The maximum Gasteiger partial charge on any atom is 0.410 e. The van der Waals surface area contributed by atoms with Crippen molar-refractivity contribution in [1.82, 2.24) is 30.0 Å². The second-order valence-electron chi connectivity index (χ2n) is 10.1. The minimum absolute atomic E-state index is 0.0538. The van der Waals surface area contributed by atoms with Crippen LogP contribution in [0.3, 0.4) is 0 Å². The summed E-state index contributed by atoms with van der Waals surface area (Å²) in [5, 5.41) is 4.13. The highest BCUT2D eigenvalue weighted by molar-refractivity contribution is 5.69. The van der Waals surface area contributed by atoms with Crippen molar-refractivity contribution in [2.45, 2.75) is 70.1 Å². The maximum atomic E-state index is 12.7. The lowest BCUT2D eigenvalue weighted by molar-refractivity contribution is 0.00468. The molecule has 0 saturated carbocycles. The van der Waals surface area contributed by atoms with Gasteiger partial charge in [0.15, 0.2) is 0 Å². The summed E-state index contributed by atoms with van der Waals surface area (Å²) in [6.07, 6.45) is 3.14. The Morgan fingerprint density at radius 3 is 2.40 bits per heavy atom. The molecule has 11 heteroatoms. The third-order valence-electron chi connectivity index (χ3n) is 6.41. The Balaban J connectivity index is 1.33. The Labute approximate surface area is 203 Å². The van der Waals surface area contributed by atoms with E-state index in [0.717, 1.165) is 31.4 Å². The number of para-hydroxylation sites is 1. The summed E-state index contributed by atoms with van der Waals surface area (Å²) in [6.45, 7) is 5.66. The molecule has 0 radical (unpaired) electrons. The molecule has 1 amide bonds. The molecule has 2 fully saturated rings. The highest BCUT2D eigenvalue weighted by atomic mass is 16.6. The van der Waals surface area contributed by atoms with E-state index in [0.29, 0.717) is 11.8 Å². The van der Waals surface area contributed by atoms with Crippen molar-refractivity contribution < 1.29 is 14.1 Å². The molecule has 2 aromatic heterocycles. The third-order valence-corrected chi connectivity index (χ3v) is 6.41. The Kier molecular flexibility index (Phi) is 5.78. The standard InChI is InChI=1S/C24H30N8O3/c1-24(2,3)34-23(33)32-16-10-11-17(32)13-14(12-16)20-26-19(30-35-20)18-27-21(25)29-22(28-18)31(4)15-8-6-5-7-9-15/h5-9,14,16-17H,10-13H2,1-4H3,(H2,25,27,28,29). The minimum atomic E-state index is -0.519. The molecule has 3 aromatic rings. The van der Waals surface area contributed by atoms with Gasteiger partial charge < -0.3 is 24.8 Å². The number of nitrogens with zero attached hydrogens (tertiary/aromatic N) is 7. The molecule has 35 heavy (non-hydrogen) atoms. The lowest BCUT2D eigenvalue weighted by Crippen LogP contribution is -2.48. The average Bonchev–Trinajstić information content (AvgIpc) is 3.41. The van der Waals surface area contributed by atoms with Crippen LogP contribution in [0.2, 0.25) is 0 Å². The van der Waals surface area contributed by atoms with Gasteiger partial charge in [-0.1, -0.05) is 23.4 Å². The van der Waals surface area contributed by atoms with Gasteiger partial charge >= 0.3 is 6.09 Å². The third kappa shape index (κ3) is 4.75. The number of fused-ring (bicyclic) bond motifs is 2. The fraction of sp³-hybridized carbons (Fsp3) is 0.500. The van der Waals surface area contributed by atoms with Crippen LogP contribution >= 0.6 is 0 Å². The Morgan fingerprint density at radius 2 is 1.74 bits per heavy atom. The zero-order valence-corrected chi connectivity index (χ0v) is 20.4. The van der Waals surface area contributed by atoms with Crippen molar-refractivity contribution in [1.29, 1.82) is 0 Å². The predicted octanol–water partition coefficient (Wildman–Crippen LogP) is 3.92. The molecule has 4 heterocycles. The first-order valence-corrected chi connectivity index (χ1v) is 11.8. The van der Waals surface area contributed by atoms with Gasteiger partial charge in [-0.25, -0.2) is 4.79 Å². The lowest BCUT2D eigenvalue weighted by Gasteiger charge is -2.38. The Morgan fingerprint density at radius 1 is 1.06 bits per heavy atom. The van der Waals surface area contributed by atoms with Gasteiger partial charge in [0.05, 0.1) is 0 Å². The van der Waals surface area contributed by atoms with E-state index in [9.17, 15) is 4.79 Å². The largest absolute Gasteiger partial charge is 0.444 e. The lowest BCUT2D eigenvalue weighted by atomic mass is 9.91. The summed E-state index contributed by atoms with van der Waals surface area (Å²) in [7, 11) is 1.85. The molecule has 0 spiro atoms. The number of rotatable bonds is 4. The van der Waals surface area contributed by atoms with Crippen LogP contribution in [-0.4, -0.2) is 60.8 Å². The van der Waals surface area contributed by atoms with Crippen LogP contribution in [0.25, 0.3) is 11.6 Å². The number of amides is 1. The number of benzene rings is 1. The SMILES string of the molecule is CN(c1ccccc1)c1nc(N)nc(-c2noc(C3CC4CCC(C3)N4C(=O)OC(C)(C)C)n2)n1. The molecular formula is C24H30N8O3. The fourth-order valence-corrected chi connectivity index (χ4v) is 4.88. The van der Waals surface area contributed by atoms with Crippen molar-refractivity contribution in [2.24, 2.45) is 0 Å². The van der Waals surface area contributed by atoms with Crippen molar-refractivity contribution in [3.63, 3.8) is 0 Å². The van der Waals surface area contributed by atoms with Gasteiger partial charge in [-0.2, -0.15) is 19.9 Å². The number of hydrogen-bond acceptors (Lipinski definition) is 10. The number of anilines is 3. The van der Waals surface area contributed by atoms with E-state index in [1.54, 1.807) is 0 Å². The molecule has 184 valence electrons. The van der Waals surface area contributed by atoms with E-state index >= 15 is 0 Å². The summed E-state index contributed by atoms with van der Waals surface area (Å²) in [5.74, 6) is 1.55. The average molecular weight is 479 g/mol. The zero-order valence-electron chi connectivity index (χ0n) is 20.4. The number of nitrogen functional groups attached to an aromatic ring is 1. The monoisotopic (exact) mass is 478 g/mol. The van der Waals surface area contributed by atoms with E-state index in [4.69, 9.17) is 15.0 Å². The van der Waals surface area contributed by atoms with Crippen molar-refractivity contribution in [3.05, 3.63) is 36.2 Å². The van der Waals surface area contributed by atoms with Crippen LogP contribution in [0.15, 0.2) is 34.9 Å². The Bertz CT molecular complexity index is 1190. The summed E-state index contributed by atoms with van der Waals surface area (Å²) in [4.78, 5) is 34.1. The van der Waals surface area contributed by atoms with Gasteiger partial charge in [-0.3, -0.25) is 0 Å². The first-order valence-electron chi connectivity index (χ1n) is 11.8. The number of carbonyl (C=O) groups is 1. The molecule has 2 bridgehead atoms. The predicted molar refractivity (Wildman–Crippen MR) is 129 cm³/mol. The smallest absolute Gasteiger partial charge is 0.410 e. The number of piperidine rings is 1. The van der Waals surface area contributed by atoms with Crippen LogP contribution in [0.4, 0.5) is 22.4 Å². The van der Waals surface area contributed by atoms with Gasteiger partial charge in [0, 0.05) is 30.7 Å². The first-order chi connectivity index (χ1) is 16.7. The van der Waals surface area contributed by atoms with Crippen LogP contribution in [-0.2, 0) is 4.74 Å². The first kappa shape index (κ1) is 23.0. The second-order valence-corrected chi connectivity index (χ2v) is 10.1. The molecule has 2 aliphatic rings. The number of nitrogens with two attached hydrogens (primary N) is 1. The summed E-state index contributed by atoms with van der Waals surface area (Å²) >= 11 is 0. The Hall–Kier alpha value is -3.76. The van der Waals surface area contributed by atoms with Crippen LogP contribution < -0.4 is 10.6 Å². The highest BCUT2D eigenvalue weighted by Gasteiger charge is 2.46. The van der Waals surface area contributed by atoms with Gasteiger partial charge in [-0.05, 0) is 58.6 Å². The molecule has 2 saturated heterocycles. The number of ether oxygens (including phenoxy) is 1. The van der Waals surface area contributed by atoms with Crippen LogP contribution in [0.1, 0.15) is 58.3 Å². The minimum Gasteiger partial charge on any atom is -0.444 e. The number of carbonyl (C=O) groups excluding carboxylic acids is 1. The second kappa shape index (κ2) is 8.79. The highest BCUT2D eigenvalue weighted by Crippen LogP contribution is 2.43. The fourth-order valence-electron chi connectivity index (χ4n) is 4.88. The van der Waals surface area contributed by atoms with E-state index in [-0.39, 0.29) is 41.7 Å². The molecular weight excluding hydrogens is 448 g/mol. The van der Waals surface area contributed by atoms with E-state index in [2.05, 4.69) is 25.1 Å². The van der Waals surface area contributed by atoms with Crippen LogP contribution in [0.5, 0.6) is 0 Å². The molecule has 2 unspecified atom stereocenters. The molecule has 2 N–H and O–H groups in total. The van der Waals surface area contributed by atoms with E-state index in [1.165, 1.54) is 0 Å². The molecule has 1 aromatic carbocycles. The van der Waals surface area contributed by atoms with Gasteiger partial charge in [-0.15, -0.1) is 0 Å². The van der Waals surface area contributed by atoms with Crippen molar-refractivity contribution >= 4 is 23.7 Å². The van der Waals surface area contributed by atoms with Crippen LogP contribution in [0, 0.1) is 0 Å². The van der Waals surface area contributed by atoms with Gasteiger partial charge in [0.2, 0.25) is 29.4 Å². The normalized spacial score (nSPS) is 21.7. The number of hydrogen-bond donors (Lipinski definition) is 1. The summed E-state index contributed by atoms with van der Waals surface area (Å²) < 4.78 is 11.3. The van der Waals surface area contributed by atoms with Gasteiger partial charge in [0.25, 0.3) is 0 Å². The van der Waals surface area contributed by atoms with E-state index in [1.807, 2.05) is 68.0 Å². The van der Waals surface area contributed by atoms with Gasteiger partial charge in [0.1, 0.15) is 5.60 Å².